The number of hydrogen-bond donors (Lipinski definition) is 7. The Morgan fingerprint density at radius 1 is 0.909 bits per heavy atom. The Kier molecular flexibility index (Phi) is 11.9. The summed E-state index contributed by atoms with van der Waals surface area (Å²) in [5, 5.41) is 26.4. The molecule has 0 saturated heterocycles. The summed E-state index contributed by atoms with van der Waals surface area (Å²) in [5.41, 5.74) is 6.42. The van der Waals surface area contributed by atoms with Crippen LogP contribution in [0.4, 0.5) is 0 Å². The highest BCUT2D eigenvalue weighted by Crippen LogP contribution is 2.07. The van der Waals surface area contributed by atoms with Crippen molar-refractivity contribution in [3.8, 4) is 0 Å². The second-order valence-electron chi connectivity index (χ2n) is 8.29. The minimum atomic E-state index is -1.24. The van der Waals surface area contributed by atoms with E-state index in [9.17, 15) is 29.4 Å². The minimum absolute atomic E-state index is 0.0269. The molecule has 5 unspecified atom stereocenters. The van der Waals surface area contributed by atoms with Crippen LogP contribution in [0.3, 0.4) is 0 Å². The first-order valence-electron chi connectivity index (χ1n) is 10.7. The van der Waals surface area contributed by atoms with Gasteiger partial charge in [0.25, 0.3) is 0 Å². The SMILES string of the molecule is CC(C)CC(NC(=O)C(CS)NC(=O)C(Cc1ccccc1)NC(=O)C(N)C(C)O)C(=O)O. The molecule has 1 rings (SSSR count). The highest BCUT2D eigenvalue weighted by molar-refractivity contribution is 7.80. The lowest BCUT2D eigenvalue weighted by Crippen LogP contribution is -2.59. The fourth-order valence-electron chi connectivity index (χ4n) is 2.98. The zero-order valence-corrected chi connectivity index (χ0v) is 19.9. The van der Waals surface area contributed by atoms with Crippen molar-refractivity contribution in [1.29, 1.82) is 0 Å². The topological polar surface area (TPSA) is 171 Å². The number of carboxylic acid groups (broad SMARTS) is 1. The third kappa shape index (κ3) is 9.80. The average molecular weight is 483 g/mol. The van der Waals surface area contributed by atoms with E-state index in [0.717, 1.165) is 5.56 Å². The Morgan fingerprint density at radius 2 is 1.42 bits per heavy atom. The third-order valence-corrected chi connectivity index (χ3v) is 5.24. The van der Waals surface area contributed by atoms with Gasteiger partial charge in [-0.1, -0.05) is 44.2 Å². The molecule has 0 bridgehead atoms. The quantitative estimate of drug-likeness (QED) is 0.185. The van der Waals surface area contributed by atoms with Crippen molar-refractivity contribution in [1.82, 2.24) is 16.0 Å². The highest BCUT2D eigenvalue weighted by atomic mass is 32.1. The average Bonchev–Trinajstić information content (AvgIpc) is 2.75. The van der Waals surface area contributed by atoms with Gasteiger partial charge in [-0.05, 0) is 24.8 Å². The molecule has 0 aliphatic carbocycles. The van der Waals surface area contributed by atoms with Gasteiger partial charge in [-0.2, -0.15) is 12.6 Å². The van der Waals surface area contributed by atoms with Gasteiger partial charge in [0, 0.05) is 12.2 Å². The van der Waals surface area contributed by atoms with Crippen LogP contribution >= 0.6 is 12.6 Å². The summed E-state index contributed by atoms with van der Waals surface area (Å²) >= 11 is 4.11. The largest absolute Gasteiger partial charge is 0.480 e. The number of aliphatic hydroxyl groups excluding tert-OH is 1. The summed E-state index contributed by atoms with van der Waals surface area (Å²) in [6.45, 7) is 5.01. The van der Waals surface area contributed by atoms with Gasteiger partial charge in [0.05, 0.1) is 6.10 Å². The molecule has 0 fully saturated rings. The van der Waals surface area contributed by atoms with E-state index >= 15 is 0 Å². The number of aliphatic carboxylic acids is 1. The number of aliphatic hydroxyl groups is 1. The molecule has 11 heteroatoms. The molecule has 33 heavy (non-hydrogen) atoms. The van der Waals surface area contributed by atoms with Gasteiger partial charge in [0.1, 0.15) is 24.2 Å². The summed E-state index contributed by atoms with van der Waals surface area (Å²) in [7, 11) is 0. The van der Waals surface area contributed by atoms with E-state index in [1.54, 1.807) is 30.3 Å². The first-order chi connectivity index (χ1) is 15.5. The lowest BCUT2D eigenvalue weighted by atomic mass is 10.0. The number of carbonyl (C=O) groups excluding carboxylic acids is 3. The number of carboxylic acids is 1. The second-order valence-corrected chi connectivity index (χ2v) is 8.66. The lowest BCUT2D eigenvalue weighted by molar-refractivity contribution is -0.142. The zero-order chi connectivity index (χ0) is 25.1. The number of carbonyl (C=O) groups is 4. The molecule has 0 aliphatic heterocycles. The molecular weight excluding hydrogens is 448 g/mol. The van der Waals surface area contributed by atoms with Gasteiger partial charge >= 0.3 is 5.97 Å². The van der Waals surface area contributed by atoms with Gasteiger partial charge in [0.15, 0.2) is 0 Å². The second kappa shape index (κ2) is 13.8. The van der Waals surface area contributed by atoms with Crippen molar-refractivity contribution >= 4 is 36.3 Å². The maximum absolute atomic E-state index is 13.0. The molecule has 0 saturated carbocycles. The first-order valence-corrected chi connectivity index (χ1v) is 11.3. The van der Waals surface area contributed by atoms with Crippen molar-refractivity contribution in [2.45, 2.75) is 63.9 Å². The van der Waals surface area contributed by atoms with Crippen molar-refractivity contribution in [2.75, 3.05) is 5.75 Å². The predicted molar refractivity (Wildman–Crippen MR) is 127 cm³/mol. The summed E-state index contributed by atoms with van der Waals surface area (Å²) < 4.78 is 0. The molecule has 1 aromatic rings. The van der Waals surface area contributed by atoms with Gasteiger partial charge in [0.2, 0.25) is 17.7 Å². The number of amides is 3. The molecule has 0 aromatic heterocycles. The fourth-order valence-corrected chi connectivity index (χ4v) is 3.23. The lowest BCUT2D eigenvalue weighted by Gasteiger charge is -2.25. The molecule has 184 valence electrons. The van der Waals surface area contributed by atoms with Crippen LogP contribution in [0.15, 0.2) is 30.3 Å². The molecule has 7 N–H and O–H groups in total. The Hall–Kier alpha value is -2.63. The van der Waals surface area contributed by atoms with E-state index < -0.39 is 54.0 Å². The normalized spacial score (nSPS) is 15.6. The zero-order valence-electron chi connectivity index (χ0n) is 19.0. The van der Waals surface area contributed by atoms with Gasteiger partial charge < -0.3 is 31.9 Å². The Labute approximate surface area is 199 Å². The van der Waals surface area contributed by atoms with Crippen LogP contribution < -0.4 is 21.7 Å². The Bertz CT molecular complexity index is 805. The Balaban J connectivity index is 2.98. The maximum atomic E-state index is 13.0. The maximum Gasteiger partial charge on any atom is 0.326 e. The number of benzene rings is 1. The van der Waals surface area contributed by atoms with Crippen LogP contribution in [0.25, 0.3) is 0 Å². The third-order valence-electron chi connectivity index (χ3n) is 4.88. The predicted octanol–water partition coefficient (Wildman–Crippen LogP) is -0.548. The molecule has 0 spiro atoms. The number of nitrogens with one attached hydrogen (secondary N) is 3. The van der Waals surface area contributed by atoms with Crippen LogP contribution in [0.1, 0.15) is 32.8 Å². The van der Waals surface area contributed by atoms with E-state index in [0.29, 0.717) is 0 Å². The van der Waals surface area contributed by atoms with Gasteiger partial charge in [-0.15, -0.1) is 0 Å². The van der Waals surface area contributed by atoms with E-state index in [1.165, 1.54) is 6.92 Å². The minimum Gasteiger partial charge on any atom is -0.480 e. The van der Waals surface area contributed by atoms with Crippen LogP contribution in [-0.2, 0) is 25.6 Å². The summed E-state index contributed by atoms with van der Waals surface area (Å²) in [5.74, 6) is -3.34. The summed E-state index contributed by atoms with van der Waals surface area (Å²) in [6.07, 6.45) is -0.801. The van der Waals surface area contributed by atoms with Crippen molar-refractivity contribution in [3.05, 3.63) is 35.9 Å². The van der Waals surface area contributed by atoms with Gasteiger partial charge in [-0.3, -0.25) is 14.4 Å². The number of hydrogen-bond acceptors (Lipinski definition) is 7. The first kappa shape index (κ1) is 28.4. The molecule has 3 amide bonds. The molecule has 0 heterocycles. The number of rotatable bonds is 13. The standard InChI is InChI=1S/C22H34N4O6S/c1-12(2)9-16(22(31)32)25-20(29)17(11-33)26-19(28)15(10-14-7-5-4-6-8-14)24-21(30)18(23)13(3)27/h4-8,12-13,15-18,27,33H,9-11,23H2,1-3H3,(H,24,30)(H,25,29)(H,26,28)(H,31,32). The molecule has 5 atom stereocenters. The number of thiol groups is 1. The molecular formula is C22H34N4O6S. The fraction of sp³-hybridized carbons (Fsp3) is 0.545. The van der Waals surface area contributed by atoms with Gasteiger partial charge in [-0.25, -0.2) is 4.79 Å². The Morgan fingerprint density at radius 3 is 1.91 bits per heavy atom. The summed E-state index contributed by atoms with van der Waals surface area (Å²) in [6, 6.07) is 4.32. The molecule has 10 nitrogen and oxygen atoms in total. The molecule has 0 aliphatic rings. The van der Waals surface area contributed by atoms with E-state index in [4.69, 9.17) is 5.73 Å². The van der Waals surface area contributed by atoms with Crippen LogP contribution in [0.5, 0.6) is 0 Å². The monoisotopic (exact) mass is 482 g/mol. The molecule has 1 aromatic carbocycles. The smallest absolute Gasteiger partial charge is 0.326 e. The highest BCUT2D eigenvalue weighted by Gasteiger charge is 2.30. The van der Waals surface area contributed by atoms with E-state index in [-0.39, 0.29) is 24.5 Å². The van der Waals surface area contributed by atoms with Crippen molar-refractivity contribution in [3.63, 3.8) is 0 Å². The van der Waals surface area contributed by atoms with E-state index in [2.05, 4.69) is 28.6 Å². The van der Waals surface area contributed by atoms with Crippen LogP contribution in [0, 0.1) is 5.92 Å². The summed E-state index contributed by atoms with van der Waals surface area (Å²) in [4.78, 5) is 49.4. The van der Waals surface area contributed by atoms with Crippen LogP contribution in [-0.4, -0.2) is 69.9 Å². The molecule has 0 radical (unpaired) electrons. The van der Waals surface area contributed by atoms with E-state index in [1.807, 2.05) is 13.8 Å². The van der Waals surface area contributed by atoms with Crippen molar-refractivity contribution in [2.24, 2.45) is 11.7 Å². The number of nitrogens with two attached hydrogens (primary N) is 1. The van der Waals surface area contributed by atoms with Crippen molar-refractivity contribution < 1.29 is 29.4 Å². The van der Waals surface area contributed by atoms with Crippen LogP contribution in [0.2, 0.25) is 0 Å².